The Balaban J connectivity index is 1.52. The number of carbonyl (C=O) groups excluding carboxylic acids is 2. The number of fused-ring (bicyclic) bond motifs is 1. The SMILES string of the molecule is O=C1C[C@@H](c2ccccc2OCC(=O)N2CCOCC2)n2ncnc2N1. The molecule has 3 heterocycles. The van der Waals surface area contributed by atoms with E-state index in [2.05, 4.69) is 15.4 Å². The summed E-state index contributed by atoms with van der Waals surface area (Å²) in [6.07, 6.45) is 1.63. The third-order valence-electron chi connectivity index (χ3n) is 4.49. The van der Waals surface area contributed by atoms with Crippen LogP contribution in [0, 0.1) is 0 Å². The maximum Gasteiger partial charge on any atom is 0.260 e. The Morgan fingerprint density at radius 2 is 2.12 bits per heavy atom. The number of nitrogens with zero attached hydrogens (tertiary/aromatic N) is 4. The van der Waals surface area contributed by atoms with Crippen LogP contribution in [0.1, 0.15) is 18.0 Å². The first-order valence-corrected chi connectivity index (χ1v) is 8.49. The van der Waals surface area contributed by atoms with Gasteiger partial charge in [0.1, 0.15) is 12.1 Å². The zero-order chi connectivity index (χ0) is 17.9. The first-order valence-electron chi connectivity index (χ1n) is 8.49. The number of para-hydroxylation sites is 1. The van der Waals surface area contributed by atoms with Gasteiger partial charge >= 0.3 is 0 Å². The van der Waals surface area contributed by atoms with Crippen molar-refractivity contribution in [3.63, 3.8) is 0 Å². The molecule has 0 radical (unpaired) electrons. The van der Waals surface area contributed by atoms with Crippen LogP contribution >= 0.6 is 0 Å². The van der Waals surface area contributed by atoms with E-state index in [0.717, 1.165) is 5.56 Å². The molecule has 0 saturated carbocycles. The van der Waals surface area contributed by atoms with Crippen LogP contribution in [-0.4, -0.2) is 64.4 Å². The van der Waals surface area contributed by atoms with Gasteiger partial charge in [0.2, 0.25) is 11.9 Å². The van der Waals surface area contributed by atoms with Gasteiger partial charge in [-0.3, -0.25) is 14.9 Å². The van der Waals surface area contributed by atoms with Gasteiger partial charge in [-0.2, -0.15) is 10.1 Å². The molecule has 9 heteroatoms. The number of benzene rings is 1. The Morgan fingerprint density at radius 3 is 2.96 bits per heavy atom. The second kappa shape index (κ2) is 7.12. The van der Waals surface area contributed by atoms with Gasteiger partial charge in [0.15, 0.2) is 6.61 Å². The van der Waals surface area contributed by atoms with Crippen LogP contribution in [0.15, 0.2) is 30.6 Å². The molecular formula is C17H19N5O4. The normalized spacial score (nSPS) is 19.6. The van der Waals surface area contributed by atoms with Gasteiger partial charge in [-0.05, 0) is 6.07 Å². The van der Waals surface area contributed by atoms with Crippen molar-refractivity contribution in [2.75, 3.05) is 38.2 Å². The molecule has 26 heavy (non-hydrogen) atoms. The van der Waals surface area contributed by atoms with Crippen LogP contribution in [0.4, 0.5) is 5.95 Å². The van der Waals surface area contributed by atoms with Crippen molar-refractivity contribution in [2.45, 2.75) is 12.5 Å². The lowest BCUT2D eigenvalue weighted by atomic mass is 10.0. The van der Waals surface area contributed by atoms with Crippen LogP contribution in [0.25, 0.3) is 0 Å². The summed E-state index contributed by atoms with van der Waals surface area (Å²) in [5.41, 5.74) is 0.795. The highest BCUT2D eigenvalue weighted by Crippen LogP contribution is 2.34. The van der Waals surface area contributed by atoms with Gasteiger partial charge in [-0.25, -0.2) is 4.68 Å². The van der Waals surface area contributed by atoms with Crippen molar-refractivity contribution in [1.82, 2.24) is 19.7 Å². The monoisotopic (exact) mass is 357 g/mol. The highest BCUT2D eigenvalue weighted by molar-refractivity contribution is 5.91. The number of rotatable bonds is 4. The molecule has 2 aliphatic rings. The summed E-state index contributed by atoms with van der Waals surface area (Å²) >= 11 is 0. The van der Waals surface area contributed by atoms with Crippen molar-refractivity contribution < 1.29 is 19.1 Å². The second-order valence-electron chi connectivity index (χ2n) is 6.12. The molecule has 136 valence electrons. The van der Waals surface area contributed by atoms with Gasteiger partial charge < -0.3 is 14.4 Å². The number of anilines is 1. The zero-order valence-corrected chi connectivity index (χ0v) is 14.1. The average Bonchev–Trinajstić information content (AvgIpc) is 3.14. The van der Waals surface area contributed by atoms with Gasteiger partial charge in [0, 0.05) is 18.7 Å². The van der Waals surface area contributed by atoms with E-state index >= 15 is 0 Å². The minimum atomic E-state index is -0.323. The molecule has 0 bridgehead atoms. The van der Waals surface area contributed by atoms with Crippen molar-refractivity contribution in [3.8, 4) is 5.75 Å². The molecule has 2 aliphatic heterocycles. The third-order valence-corrected chi connectivity index (χ3v) is 4.49. The Hall–Kier alpha value is -2.94. The number of nitrogens with one attached hydrogen (secondary N) is 1. The van der Waals surface area contributed by atoms with E-state index in [0.29, 0.717) is 38.0 Å². The number of morpholine rings is 1. The van der Waals surface area contributed by atoms with Crippen molar-refractivity contribution in [3.05, 3.63) is 36.2 Å². The number of ether oxygens (including phenoxy) is 2. The molecule has 1 fully saturated rings. The van der Waals surface area contributed by atoms with Crippen LogP contribution in [0.5, 0.6) is 5.75 Å². The molecule has 0 spiro atoms. The Morgan fingerprint density at radius 1 is 1.31 bits per heavy atom. The van der Waals surface area contributed by atoms with Crippen molar-refractivity contribution in [2.24, 2.45) is 0 Å². The first-order chi connectivity index (χ1) is 12.7. The van der Waals surface area contributed by atoms with E-state index in [9.17, 15) is 9.59 Å². The number of aromatic nitrogens is 3. The van der Waals surface area contributed by atoms with Crippen LogP contribution in [0.3, 0.4) is 0 Å². The quantitative estimate of drug-likeness (QED) is 0.853. The van der Waals surface area contributed by atoms with E-state index in [1.54, 1.807) is 15.6 Å². The lowest BCUT2D eigenvalue weighted by Gasteiger charge is -2.28. The summed E-state index contributed by atoms with van der Waals surface area (Å²) in [4.78, 5) is 30.1. The van der Waals surface area contributed by atoms with E-state index in [1.165, 1.54) is 6.33 Å². The minimum Gasteiger partial charge on any atom is -0.483 e. The number of amides is 2. The Labute approximate surface area is 149 Å². The van der Waals surface area contributed by atoms with Crippen molar-refractivity contribution >= 4 is 17.8 Å². The highest BCUT2D eigenvalue weighted by Gasteiger charge is 2.30. The van der Waals surface area contributed by atoms with Gasteiger partial charge in [-0.15, -0.1) is 0 Å². The number of hydrogen-bond acceptors (Lipinski definition) is 6. The van der Waals surface area contributed by atoms with Crippen molar-refractivity contribution in [1.29, 1.82) is 0 Å². The zero-order valence-electron chi connectivity index (χ0n) is 14.1. The fraction of sp³-hybridized carbons (Fsp3) is 0.412. The number of hydrogen-bond donors (Lipinski definition) is 1. The summed E-state index contributed by atoms with van der Waals surface area (Å²) in [5.74, 6) is 0.765. The fourth-order valence-corrected chi connectivity index (χ4v) is 3.18. The molecule has 4 rings (SSSR count). The summed E-state index contributed by atoms with van der Waals surface area (Å²) in [7, 11) is 0. The molecule has 1 N–H and O–H groups in total. The molecule has 0 unspecified atom stereocenters. The van der Waals surface area contributed by atoms with E-state index in [-0.39, 0.29) is 30.9 Å². The fourth-order valence-electron chi connectivity index (χ4n) is 3.18. The Bertz CT molecular complexity index is 815. The lowest BCUT2D eigenvalue weighted by Crippen LogP contribution is -2.43. The topological polar surface area (TPSA) is 98.6 Å². The van der Waals surface area contributed by atoms with E-state index in [1.807, 2.05) is 18.2 Å². The Kier molecular flexibility index (Phi) is 4.53. The smallest absolute Gasteiger partial charge is 0.260 e. The molecule has 2 amide bonds. The first kappa shape index (κ1) is 16.5. The van der Waals surface area contributed by atoms with Crippen LogP contribution < -0.4 is 10.1 Å². The van der Waals surface area contributed by atoms with Crippen LogP contribution in [-0.2, 0) is 14.3 Å². The molecule has 1 atom stereocenters. The maximum absolute atomic E-state index is 12.3. The molecule has 0 aliphatic carbocycles. The summed E-state index contributed by atoms with van der Waals surface area (Å²) in [6.45, 7) is 2.20. The van der Waals surface area contributed by atoms with E-state index in [4.69, 9.17) is 9.47 Å². The lowest BCUT2D eigenvalue weighted by molar-refractivity contribution is -0.137. The summed E-state index contributed by atoms with van der Waals surface area (Å²) < 4.78 is 12.7. The molecular weight excluding hydrogens is 338 g/mol. The van der Waals surface area contributed by atoms with Gasteiger partial charge in [0.25, 0.3) is 5.91 Å². The standard InChI is InChI=1S/C17H19N5O4/c23-15-9-13(22-17(20-15)18-11-19-22)12-3-1-2-4-14(12)26-10-16(24)21-5-7-25-8-6-21/h1-4,11,13H,5-10H2,(H,18,19,20,23)/t13-/m0/s1. The molecule has 1 aromatic heterocycles. The van der Waals surface area contributed by atoms with E-state index < -0.39 is 0 Å². The molecule has 1 aromatic carbocycles. The molecule has 1 saturated heterocycles. The maximum atomic E-state index is 12.3. The minimum absolute atomic E-state index is 0.0554. The van der Waals surface area contributed by atoms with Crippen LogP contribution in [0.2, 0.25) is 0 Å². The summed E-state index contributed by atoms with van der Waals surface area (Å²) in [5, 5.41) is 6.89. The largest absolute Gasteiger partial charge is 0.483 e. The third kappa shape index (κ3) is 3.25. The predicted molar refractivity (Wildman–Crippen MR) is 90.7 cm³/mol. The predicted octanol–water partition coefficient (Wildman–Crippen LogP) is 0.447. The molecule has 9 nitrogen and oxygen atoms in total. The number of carbonyl (C=O) groups is 2. The summed E-state index contributed by atoms with van der Waals surface area (Å²) in [6, 6.07) is 7.06. The second-order valence-corrected chi connectivity index (χ2v) is 6.12. The van der Waals surface area contributed by atoms with Gasteiger partial charge in [0.05, 0.1) is 25.7 Å². The van der Waals surface area contributed by atoms with Gasteiger partial charge in [-0.1, -0.05) is 18.2 Å². The average molecular weight is 357 g/mol. The highest BCUT2D eigenvalue weighted by atomic mass is 16.5. The molecule has 2 aromatic rings.